The predicted octanol–water partition coefficient (Wildman–Crippen LogP) is 4.45. The average molecular weight is 448 g/mol. The highest BCUT2D eigenvalue weighted by Gasteiger charge is 2.29. The van der Waals surface area contributed by atoms with E-state index in [0.29, 0.717) is 12.8 Å². The van der Waals surface area contributed by atoms with Gasteiger partial charge in [-0.25, -0.2) is 0 Å². The number of carbonyl (C=O) groups is 2. The third kappa shape index (κ3) is 4.29. The SMILES string of the molecule is CCC(=O)N1CCC(O[C@@H]2CCCc3c(-c4ccc5c(c4)CCC(=O)N5C)cncc32)CC1. The van der Waals surface area contributed by atoms with E-state index >= 15 is 0 Å². The molecular formula is C27H33N3O3. The van der Waals surface area contributed by atoms with Gasteiger partial charge in [-0.2, -0.15) is 0 Å². The molecule has 1 atom stereocenters. The van der Waals surface area contributed by atoms with E-state index in [1.807, 2.05) is 31.3 Å². The van der Waals surface area contributed by atoms with Crippen molar-refractivity contribution >= 4 is 17.5 Å². The number of aryl methyl sites for hydroxylation is 1. The maximum Gasteiger partial charge on any atom is 0.227 e. The fraction of sp³-hybridized carbons (Fsp3) is 0.519. The molecule has 0 saturated carbocycles. The van der Waals surface area contributed by atoms with E-state index in [0.717, 1.165) is 57.3 Å². The lowest BCUT2D eigenvalue weighted by Gasteiger charge is -2.35. The largest absolute Gasteiger partial charge is 0.370 e. The Morgan fingerprint density at radius 3 is 2.73 bits per heavy atom. The van der Waals surface area contributed by atoms with Crippen LogP contribution in [0, 0.1) is 0 Å². The third-order valence-corrected chi connectivity index (χ3v) is 7.52. The van der Waals surface area contributed by atoms with Gasteiger partial charge in [0.15, 0.2) is 0 Å². The molecule has 3 heterocycles. The Morgan fingerprint density at radius 1 is 1.12 bits per heavy atom. The van der Waals surface area contributed by atoms with Crippen molar-refractivity contribution in [2.45, 2.75) is 70.5 Å². The van der Waals surface area contributed by atoms with Gasteiger partial charge in [-0.1, -0.05) is 13.0 Å². The summed E-state index contributed by atoms with van der Waals surface area (Å²) in [5.74, 6) is 0.421. The maximum absolute atomic E-state index is 12.1. The van der Waals surface area contributed by atoms with Gasteiger partial charge in [0.05, 0.1) is 12.2 Å². The van der Waals surface area contributed by atoms with Crippen LogP contribution in [0.15, 0.2) is 30.6 Å². The second-order valence-electron chi connectivity index (χ2n) is 9.50. The number of amides is 2. The highest BCUT2D eigenvalue weighted by atomic mass is 16.5. The smallest absolute Gasteiger partial charge is 0.227 e. The zero-order valence-corrected chi connectivity index (χ0v) is 19.7. The molecule has 2 aromatic rings. The minimum Gasteiger partial charge on any atom is -0.370 e. The quantitative estimate of drug-likeness (QED) is 0.695. The lowest BCUT2D eigenvalue weighted by atomic mass is 9.85. The molecule has 0 spiro atoms. The highest BCUT2D eigenvalue weighted by molar-refractivity contribution is 5.96. The van der Waals surface area contributed by atoms with Gasteiger partial charge in [0, 0.05) is 62.2 Å². The van der Waals surface area contributed by atoms with Crippen molar-refractivity contribution in [3.63, 3.8) is 0 Å². The van der Waals surface area contributed by atoms with E-state index in [1.165, 1.54) is 27.8 Å². The molecule has 0 unspecified atom stereocenters. The molecule has 1 saturated heterocycles. The van der Waals surface area contributed by atoms with Crippen molar-refractivity contribution in [2.24, 2.45) is 0 Å². The Kier molecular flexibility index (Phi) is 6.19. The van der Waals surface area contributed by atoms with Crippen molar-refractivity contribution in [1.82, 2.24) is 9.88 Å². The van der Waals surface area contributed by atoms with Crippen molar-refractivity contribution in [3.05, 3.63) is 47.3 Å². The molecule has 0 radical (unpaired) electrons. The van der Waals surface area contributed by atoms with Crippen LogP contribution in [0.1, 0.15) is 68.2 Å². The number of ether oxygens (including phenoxy) is 1. The summed E-state index contributed by atoms with van der Waals surface area (Å²) in [5, 5.41) is 0. The van der Waals surface area contributed by atoms with Crippen LogP contribution in [-0.2, 0) is 27.2 Å². The predicted molar refractivity (Wildman–Crippen MR) is 128 cm³/mol. The van der Waals surface area contributed by atoms with E-state index in [2.05, 4.69) is 23.2 Å². The van der Waals surface area contributed by atoms with Gasteiger partial charge in [-0.15, -0.1) is 0 Å². The summed E-state index contributed by atoms with van der Waals surface area (Å²) in [6.45, 7) is 3.51. The van der Waals surface area contributed by atoms with E-state index in [9.17, 15) is 9.59 Å². The summed E-state index contributed by atoms with van der Waals surface area (Å²) in [6, 6.07) is 6.43. The molecule has 0 N–H and O–H groups in total. The minimum atomic E-state index is 0.0704. The van der Waals surface area contributed by atoms with E-state index in [4.69, 9.17) is 4.74 Å². The first-order chi connectivity index (χ1) is 16.0. The molecule has 174 valence electrons. The molecule has 1 aromatic heterocycles. The fourth-order valence-electron chi connectivity index (χ4n) is 5.59. The molecule has 5 rings (SSSR count). The van der Waals surface area contributed by atoms with Gasteiger partial charge in [-0.3, -0.25) is 14.6 Å². The van der Waals surface area contributed by atoms with E-state index in [1.54, 1.807) is 4.90 Å². The average Bonchev–Trinajstić information content (AvgIpc) is 2.86. The van der Waals surface area contributed by atoms with Gasteiger partial charge in [-0.05, 0) is 67.3 Å². The molecule has 1 aromatic carbocycles. The Labute approximate surface area is 195 Å². The number of carbonyl (C=O) groups excluding carboxylic acids is 2. The number of likely N-dealkylation sites (tertiary alicyclic amines) is 1. The fourth-order valence-corrected chi connectivity index (χ4v) is 5.59. The van der Waals surface area contributed by atoms with Crippen molar-refractivity contribution in [2.75, 3.05) is 25.0 Å². The van der Waals surface area contributed by atoms with Crippen LogP contribution < -0.4 is 4.90 Å². The number of hydrogen-bond donors (Lipinski definition) is 0. The van der Waals surface area contributed by atoms with Gasteiger partial charge < -0.3 is 14.5 Å². The molecule has 1 aliphatic carbocycles. The minimum absolute atomic E-state index is 0.0704. The van der Waals surface area contributed by atoms with Crippen LogP contribution >= 0.6 is 0 Å². The summed E-state index contributed by atoms with van der Waals surface area (Å²) < 4.78 is 6.61. The maximum atomic E-state index is 12.1. The number of benzene rings is 1. The molecule has 2 aliphatic heterocycles. The van der Waals surface area contributed by atoms with Crippen LogP contribution in [0.3, 0.4) is 0 Å². The highest BCUT2D eigenvalue weighted by Crippen LogP contribution is 2.40. The summed E-state index contributed by atoms with van der Waals surface area (Å²) in [4.78, 5) is 32.4. The lowest BCUT2D eigenvalue weighted by Crippen LogP contribution is -2.41. The molecule has 6 nitrogen and oxygen atoms in total. The van der Waals surface area contributed by atoms with Crippen molar-refractivity contribution < 1.29 is 14.3 Å². The van der Waals surface area contributed by atoms with Crippen LogP contribution in [0.4, 0.5) is 5.69 Å². The Balaban J connectivity index is 1.36. The van der Waals surface area contributed by atoms with Gasteiger partial charge in [0.1, 0.15) is 0 Å². The lowest BCUT2D eigenvalue weighted by molar-refractivity contribution is -0.134. The second-order valence-corrected chi connectivity index (χ2v) is 9.50. The standard InChI is InChI=1S/C27H33N3O3/c1-3-26(31)30-13-11-20(12-14-30)33-25-6-4-5-21-22(16-28-17-23(21)25)18-7-9-24-19(15-18)8-10-27(32)29(24)2/h7,9,15-17,20,25H,3-6,8,10-14H2,1-2H3/t25-/m1/s1. The van der Waals surface area contributed by atoms with Crippen molar-refractivity contribution in [3.8, 4) is 11.1 Å². The number of aromatic nitrogens is 1. The van der Waals surface area contributed by atoms with Gasteiger partial charge >= 0.3 is 0 Å². The molecule has 1 fully saturated rings. The first-order valence-electron chi connectivity index (χ1n) is 12.3. The number of pyridine rings is 1. The first kappa shape index (κ1) is 22.1. The first-order valence-corrected chi connectivity index (χ1v) is 12.3. The summed E-state index contributed by atoms with van der Waals surface area (Å²) in [7, 11) is 1.86. The Hall–Kier alpha value is -2.73. The zero-order chi connectivity index (χ0) is 22.9. The molecule has 0 bridgehead atoms. The number of hydrogen-bond acceptors (Lipinski definition) is 4. The summed E-state index contributed by atoms with van der Waals surface area (Å²) in [5.41, 5.74) is 7.17. The number of piperidine rings is 1. The summed E-state index contributed by atoms with van der Waals surface area (Å²) >= 11 is 0. The third-order valence-electron chi connectivity index (χ3n) is 7.52. The van der Waals surface area contributed by atoms with Crippen LogP contribution in [0.25, 0.3) is 11.1 Å². The van der Waals surface area contributed by atoms with Gasteiger partial charge in [0.2, 0.25) is 11.8 Å². The van der Waals surface area contributed by atoms with Crippen LogP contribution in [0.5, 0.6) is 0 Å². The topological polar surface area (TPSA) is 62.7 Å². The monoisotopic (exact) mass is 447 g/mol. The number of rotatable bonds is 4. The number of fused-ring (bicyclic) bond motifs is 2. The molecule has 6 heteroatoms. The number of nitrogens with zero attached hydrogens (tertiary/aromatic N) is 3. The molecule has 3 aliphatic rings. The van der Waals surface area contributed by atoms with E-state index in [-0.39, 0.29) is 24.0 Å². The normalized spacial score (nSPS) is 21.0. The summed E-state index contributed by atoms with van der Waals surface area (Å²) in [6.07, 6.45) is 11.1. The molecule has 33 heavy (non-hydrogen) atoms. The van der Waals surface area contributed by atoms with E-state index < -0.39 is 0 Å². The second kappa shape index (κ2) is 9.26. The molecule has 2 amide bonds. The van der Waals surface area contributed by atoms with Gasteiger partial charge in [0.25, 0.3) is 0 Å². The van der Waals surface area contributed by atoms with Crippen LogP contribution in [0.2, 0.25) is 0 Å². The molecular weight excluding hydrogens is 414 g/mol. The number of anilines is 1. The van der Waals surface area contributed by atoms with Crippen molar-refractivity contribution in [1.29, 1.82) is 0 Å². The Morgan fingerprint density at radius 2 is 1.94 bits per heavy atom. The van der Waals surface area contributed by atoms with Crippen LogP contribution in [-0.4, -0.2) is 47.9 Å². The Bertz CT molecular complexity index is 1060. The zero-order valence-electron chi connectivity index (χ0n) is 19.7.